The van der Waals surface area contributed by atoms with E-state index < -0.39 is 11.8 Å². The third-order valence-electron chi connectivity index (χ3n) is 2.62. The predicted octanol–water partition coefficient (Wildman–Crippen LogP) is 1.27. The maximum absolute atomic E-state index is 13.4. The summed E-state index contributed by atoms with van der Waals surface area (Å²) in [5, 5.41) is 11.8. The third-order valence-corrected chi connectivity index (χ3v) is 2.62. The minimum Gasteiger partial charge on any atom is -0.478 e. The van der Waals surface area contributed by atoms with E-state index in [0.29, 0.717) is 31.5 Å². The molecule has 0 aliphatic heterocycles. The lowest BCUT2D eigenvalue weighted by Crippen LogP contribution is -2.16. The number of nitrogens with one attached hydrogen (secondary N) is 1. The highest BCUT2D eigenvalue weighted by Crippen LogP contribution is 2.10. The largest absolute Gasteiger partial charge is 0.478 e. The Morgan fingerprint density at radius 1 is 1.32 bits per heavy atom. The Kier molecular flexibility index (Phi) is 5.95. The second kappa shape index (κ2) is 7.48. The molecule has 0 heterocycles. The zero-order valence-electron chi connectivity index (χ0n) is 10.5. The Hall–Kier alpha value is -1.95. The van der Waals surface area contributed by atoms with Crippen LogP contribution in [0.15, 0.2) is 18.2 Å². The van der Waals surface area contributed by atoms with Crippen molar-refractivity contribution in [3.05, 3.63) is 35.1 Å². The molecular formula is C13H17FN2O3. The number of rotatable bonds is 8. The summed E-state index contributed by atoms with van der Waals surface area (Å²) in [7, 11) is 0. The number of halogens is 1. The fourth-order valence-corrected chi connectivity index (χ4v) is 1.62. The number of carbonyl (C=O) groups is 2. The number of carboxylic acid groups (broad SMARTS) is 1. The van der Waals surface area contributed by atoms with Crippen molar-refractivity contribution in [1.82, 2.24) is 5.32 Å². The van der Waals surface area contributed by atoms with Crippen molar-refractivity contribution in [3.63, 3.8) is 0 Å². The topological polar surface area (TPSA) is 92.4 Å². The van der Waals surface area contributed by atoms with Gasteiger partial charge in [0.15, 0.2) is 0 Å². The number of hydrogen-bond acceptors (Lipinski definition) is 3. The van der Waals surface area contributed by atoms with Crippen LogP contribution in [0.1, 0.15) is 35.2 Å². The molecule has 104 valence electrons. The van der Waals surface area contributed by atoms with Gasteiger partial charge in [-0.1, -0.05) is 6.07 Å². The van der Waals surface area contributed by atoms with Crippen LogP contribution >= 0.6 is 0 Å². The van der Waals surface area contributed by atoms with Gasteiger partial charge in [-0.25, -0.2) is 9.18 Å². The van der Waals surface area contributed by atoms with Gasteiger partial charge in [0, 0.05) is 13.0 Å². The van der Waals surface area contributed by atoms with E-state index in [4.69, 9.17) is 10.8 Å². The van der Waals surface area contributed by atoms with Gasteiger partial charge in [0.1, 0.15) is 5.82 Å². The molecule has 0 aliphatic carbocycles. The molecule has 0 saturated carbocycles. The molecule has 6 heteroatoms. The maximum Gasteiger partial charge on any atom is 0.338 e. The van der Waals surface area contributed by atoms with Crippen molar-refractivity contribution >= 4 is 11.9 Å². The van der Waals surface area contributed by atoms with Crippen LogP contribution in [0.2, 0.25) is 0 Å². The smallest absolute Gasteiger partial charge is 0.338 e. The first kappa shape index (κ1) is 15.1. The average Bonchev–Trinajstić information content (AvgIpc) is 2.32. The summed E-state index contributed by atoms with van der Waals surface area (Å²) in [6.45, 7) is 1.14. The van der Waals surface area contributed by atoms with E-state index in [2.05, 4.69) is 5.32 Å². The number of carboxylic acids is 1. The molecule has 0 fully saturated rings. The van der Waals surface area contributed by atoms with E-state index >= 15 is 0 Å². The number of aromatic carboxylic acids is 1. The quantitative estimate of drug-likeness (QED) is 0.619. The molecule has 4 N–H and O–H groups in total. The Labute approximate surface area is 110 Å². The molecule has 1 aromatic carbocycles. The first-order valence-electron chi connectivity index (χ1n) is 6.01. The van der Waals surface area contributed by atoms with Gasteiger partial charge in [-0.05, 0) is 37.1 Å². The molecule has 0 saturated heterocycles. The maximum atomic E-state index is 13.4. The summed E-state index contributed by atoms with van der Waals surface area (Å²) in [5.41, 5.74) is 5.35. The summed E-state index contributed by atoms with van der Waals surface area (Å²) >= 11 is 0. The monoisotopic (exact) mass is 268 g/mol. The highest BCUT2D eigenvalue weighted by atomic mass is 19.1. The van der Waals surface area contributed by atoms with Gasteiger partial charge in [-0.15, -0.1) is 0 Å². The van der Waals surface area contributed by atoms with Crippen LogP contribution in [0.4, 0.5) is 4.39 Å². The van der Waals surface area contributed by atoms with Crippen LogP contribution in [0.5, 0.6) is 0 Å². The van der Waals surface area contributed by atoms with Crippen LogP contribution < -0.4 is 11.1 Å². The summed E-state index contributed by atoms with van der Waals surface area (Å²) in [6, 6.07) is 4.03. The number of benzene rings is 1. The Morgan fingerprint density at radius 2 is 2.05 bits per heavy atom. The van der Waals surface area contributed by atoms with Crippen molar-refractivity contribution in [2.24, 2.45) is 5.73 Å². The molecule has 0 atom stereocenters. The van der Waals surface area contributed by atoms with E-state index in [0.717, 1.165) is 6.42 Å². The van der Waals surface area contributed by atoms with E-state index in [-0.39, 0.29) is 11.5 Å². The molecule has 0 aliphatic rings. The van der Waals surface area contributed by atoms with E-state index in [1.807, 2.05) is 0 Å². The van der Waals surface area contributed by atoms with Crippen LogP contribution in [-0.2, 0) is 11.3 Å². The van der Waals surface area contributed by atoms with Crippen molar-refractivity contribution in [2.75, 3.05) is 6.54 Å². The summed E-state index contributed by atoms with van der Waals surface area (Å²) in [6.07, 6.45) is 1.89. The zero-order chi connectivity index (χ0) is 14.3. The minimum absolute atomic E-state index is 0.314. The van der Waals surface area contributed by atoms with Crippen LogP contribution in [-0.4, -0.2) is 23.5 Å². The fourth-order valence-electron chi connectivity index (χ4n) is 1.62. The van der Waals surface area contributed by atoms with Crippen LogP contribution in [0.25, 0.3) is 0 Å². The lowest BCUT2D eigenvalue weighted by Gasteiger charge is -2.06. The number of nitrogens with two attached hydrogens (primary N) is 1. The number of hydrogen-bond donors (Lipinski definition) is 3. The molecule has 1 rings (SSSR count). The van der Waals surface area contributed by atoms with Gasteiger partial charge in [0.2, 0.25) is 5.91 Å². The number of primary amides is 1. The molecule has 19 heavy (non-hydrogen) atoms. The van der Waals surface area contributed by atoms with Crippen molar-refractivity contribution < 1.29 is 19.1 Å². The van der Waals surface area contributed by atoms with Gasteiger partial charge in [-0.3, -0.25) is 4.79 Å². The standard InChI is InChI=1S/C13H17FN2O3/c14-11-7-9(4-5-10(11)13(18)19)8-16-6-2-1-3-12(15)17/h4-5,7,16H,1-3,6,8H2,(H2,15,17)(H,18,19). The first-order valence-corrected chi connectivity index (χ1v) is 6.01. The van der Waals surface area contributed by atoms with E-state index in [1.165, 1.54) is 12.1 Å². The first-order chi connectivity index (χ1) is 9.00. The fraction of sp³-hybridized carbons (Fsp3) is 0.385. The number of unbranched alkanes of at least 4 members (excludes halogenated alkanes) is 1. The van der Waals surface area contributed by atoms with Crippen molar-refractivity contribution in [2.45, 2.75) is 25.8 Å². The average molecular weight is 268 g/mol. The van der Waals surface area contributed by atoms with E-state index in [9.17, 15) is 14.0 Å². The van der Waals surface area contributed by atoms with Crippen LogP contribution in [0, 0.1) is 5.82 Å². The minimum atomic E-state index is -1.27. The normalized spacial score (nSPS) is 10.4. The Bertz CT molecular complexity index is 463. The Morgan fingerprint density at radius 3 is 2.63 bits per heavy atom. The van der Waals surface area contributed by atoms with Crippen LogP contribution in [0.3, 0.4) is 0 Å². The molecule has 5 nitrogen and oxygen atoms in total. The zero-order valence-corrected chi connectivity index (χ0v) is 10.5. The van der Waals surface area contributed by atoms with Gasteiger partial charge < -0.3 is 16.2 Å². The molecule has 0 unspecified atom stereocenters. The highest BCUT2D eigenvalue weighted by Gasteiger charge is 2.09. The van der Waals surface area contributed by atoms with E-state index in [1.54, 1.807) is 6.07 Å². The lowest BCUT2D eigenvalue weighted by atomic mass is 10.1. The molecule has 1 amide bonds. The van der Waals surface area contributed by atoms with Crippen molar-refractivity contribution in [1.29, 1.82) is 0 Å². The van der Waals surface area contributed by atoms with Gasteiger partial charge in [-0.2, -0.15) is 0 Å². The number of carbonyl (C=O) groups excluding carboxylic acids is 1. The number of amides is 1. The molecule has 1 aromatic rings. The third kappa shape index (κ3) is 5.48. The predicted molar refractivity (Wildman–Crippen MR) is 68.1 cm³/mol. The molecule has 0 radical (unpaired) electrons. The van der Waals surface area contributed by atoms with Gasteiger partial charge in [0.25, 0.3) is 0 Å². The highest BCUT2D eigenvalue weighted by molar-refractivity contribution is 5.87. The second-order valence-corrected chi connectivity index (χ2v) is 4.22. The molecule has 0 bridgehead atoms. The summed E-state index contributed by atoms with van der Waals surface area (Å²) < 4.78 is 13.4. The molecule has 0 aromatic heterocycles. The summed E-state index contributed by atoms with van der Waals surface area (Å²) in [4.78, 5) is 21.1. The summed E-state index contributed by atoms with van der Waals surface area (Å²) in [5.74, 6) is -2.32. The van der Waals surface area contributed by atoms with Gasteiger partial charge >= 0.3 is 5.97 Å². The lowest BCUT2D eigenvalue weighted by molar-refractivity contribution is -0.118. The second-order valence-electron chi connectivity index (χ2n) is 4.22. The van der Waals surface area contributed by atoms with Crippen molar-refractivity contribution in [3.8, 4) is 0 Å². The Balaban J connectivity index is 2.32. The molecule has 0 spiro atoms. The SMILES string of the molecule is NC(=O)CCCCNCc1ccc(C(=O)O)c(F)c1. The van der Waals surface area contributed by atoms with Gasteiger partial charge in [0.05, 0.1) is 5.56 Å². The molecular weight excluding hydrogens is 251 g/mol.